The minimum atomic E-state index is -1.55. The summed E-state index contributed by atoms with van der Waals surface area (Å²) >= 11 is 0. The van der Waals surface area contributed by atoms with Gasteiger partial charge in [-0.3, -0.25) is 4.79 Å². The van der Waals surface area contributed by atoms with Gasteiger partial charge < -0.3 is 40.3 Å². The summed E-state index contributed by atoms with van der Waals surface area (Å²) in [6.45, 7) is 3.80. The lowest BCUT2D eigenvalue weighted by molar-refractivity contribution is -0.302. The zero-order chi connectivity index (χ0) is 50.1. The van der Waals surface area contributed by atoms with Gasteiger partial charge in [0.2, 0.25) is 5.91 Å². The van der Waals surface area contributed by atoms with Gasteiger partial charge in [-0.15, -0.1) is 0 Å². The molecule has 1 fully saturated rings. The maximum atomic E-state index is 12.9. The van der Waals surface area contributed by atoms with Crippen molar-refractivity contribution in [2.75, 3.05) is 13.2 Å². The van der Waals surface area contributed by atoms with Crippen LogP contribution in [0.4, 0.5) is 0 Å². The minimum absolute atomic E-state index is 0.134. The van der Waals surface area contributed by atoms with Crippen LogP contribution in [0.2, 0.25) is 0 Å². The third-order valence-corrected chi connectivity index (χ3v) is 15.2. The quantitative estimate of drug-likeness (QED) is 0.0330. The first-order valence-electron chi connectivity index (χ1n) is 30.7. The number of amides is 1. The maximum Gasteiger partial charge on any atom is 0.220 e. The second kappa shape index (κ2) is 50.7. The van der Waals surface area contributed by atoms with Gasteiger partial charge in [0.25, 0.3) is 0 Å². The Kier molecular flexibility index (Phi) is 48.7. The molecule has 0 aromatic carbocycles. The second-order valence-corrected chi connectivity index (χ2v) is 21.9. The number of ether oxygens (including phenoxy) is 2. The molecule has 0 aliphatic carbocycles. The van der Waals surface area contributed by atoms with Gasteiger partial charge >= 0.3 is 0 Å². The van der Waals surface area contributed by atoms with E-state index in [9.17, 15) is 30.3 Å². The predicted octanol–water partition coefficient (Wildman–Crippen LogP) is 15.4. The summed E-state index contributed by atoms with van der Waals surface area (Å²) in [5.41, 5.74) is 0. The van der Waals surface area contributed by atoms with E-state index in [1.54, 1.807) is 0 Å². The topological polar surface area (TPSA) is 149 Å². The zero-order valence-electron chi connectivity index (χ0n) is 45.9. The summed E-state index contributed by atoms with van der Waals surface area (Å²) in [5.74, 6) is -0.143. The number of carbonyl (C=O) groups is 1. The highest BCUT2D eigenvalue weighted by Crippen LogP contribution is 2.24. The number of nitrogens with one attached hydrogen (secondary N) is 1. The van der Waals surface area contributed by atoms with Crippen LogP contribution in [-0.2, 0) is 14.3 Å². The Hall–Kier alpha value is -0.810. The van der Waals surface area contributed by atoms with Crippen LogP contribution in [-0.4, -0.2) is 87.5 Å². The highest BCUT2D eigenvalue weighted by Gasteiger charge is 2.44. The molecule has 0 radical (unpaired) electrons. The molecule has 0 aromatic heterocycles. The number of aliphatic hydroxyl groups excluding tert-OH is 5. The molecule has 1 amide bonds. The smallest absolute Gasteiger partial charge is 0.220 e. The van der Waals surface area contributed by atoms with Crippen molar-refractivity contribution in [3.8, 4) is 0 Å². The van der Waals surface area contributed by atoms with Gasteiger partial charge in [-0.25, -0.2) is 0 Å². The van der Waals surface area contributed by atoms with Crippen LogP contribution in [0.5, 0.6) is 0 Å². The molecule has 1 heterocycles. The Balaban J connectivity index is 1.90. The molecule has 1 rings (SSSR count). The van der Waals surface area contributed by atoms with Gasteiger partial charge in [0.05, 0.1) is 25.4 Å². The lowest BCUT2D eigenvalue weighted by Crippen LogP contribution is -2.60. The van der Waals surface area contributed by atoms with E-state index in [1.165, 1.54) is 257 Å². The monoisotopic (exact) mass is 982 g/mol. The molecular formula is C60H119NO8. The van der Waals surface area contributed by atoms with Crippen LogP contribution in [0.15, 0.2) is 0 Å². The first kappa shape index (κ1) is 66.2. The van der Waals surface area contributed by atoms with E-state index in [0.717, 1.165) is 38.5 Å². The summed E-state index contributed by atoms with van der Waals surface area (Å²) in [7, 11) is 0. The van der Waals surface area contributed by atoms with Crippen molar-refractivity contribution in [2.24, 2.45) is 0 Å². The fourth-order valence-electron chi connectivity index (χ4n) is 10.3. The largest absolute Gasteiger partial charge is 0.394 e. The average Bonchev–Trinajstić information content (AvgIpc) is 3.35. The zero-order valence-corrected chi connectivity index (χ0v) is 45.9. The van der Waals surface area contributed by atoms with Gasteiger partial charge in [-0.05, 0) is 12.8 Å². The molecule has 1 aliphatic rings. The standard InChI is InChI=1S/C60H119NO8/c1-3-5-7-9-11-12-13-14-15-16-17-18-19-20-21-22-23-24-25-26-27-28-29-30-31-32-33-34-35-36-37-38-39-40-41-42-43-44-46-48-50-56(64)61-53(54(63)49-47-45-10-8-6-4-2)52-68-60-59(67)58(66)57(65)55(51-62)69-60/h53-55,57-60,62-63,65-67H,3-52H2,1-2H3,(H,61,64). The molecule has 6 N–H and O–H groups in total. The molecule has 0 bridgehead atoms. The van der Waals surface area contributed by atoms with Crippen molar-refractivity contribution in [3.05, 3.63) is 0 Å². The van der Waals surface area contributed by atoms with E-state index in [1.807, 2.05) is 0 Å². The van der Waals surface area contributed by atoms with E-state index in [0.29, 0.717) is 12.8 Å². The lowest BCUT2D eigenvalue weighted by atomic mass is 9.99. The van der Waals surface area contributed by atoms with Crippen LogP contribution < -0.4 is 5.32 Å². The lowest BCUT2D eigenvalue weighted by Gasteiger charge is -2.40. The Labute approximate surface area is 427 Å². The average molecular weight is 983 g/mol. The van der Waals surface area contributed by atoms with Crippen molar-refractivity contribution < 1.29 is 39.8 Å². The molecule has 1 aliphatic heterocycles. The molecule has 69 heavy (non-hydrogen) atoms. The minimum Gasteiger partial charge on any atom is -0.394 e. The molecule has 0 spiro atoms. The summed E-state index contributed by atoms with van der Waals surface area (Å²) in [5, 5.41) is 54.1. The third kappa shape index (κ3) is 40.3. The van der Waals surface area contributed by atoms with Crippen molar-refractivity contribution in [1.82, 2.24) is 5.32 Å². The second-order valence-electron chi connectivity index (χ2n) is 21.9. The fourth-order valence-corrected chi connectivity index (χ4v) is 10.3. The Bertz CT molecular complexity index is 1050. The van der Waals surface area contributed by atoms with Crippen LogP contribution in [0.1, 0.15) is 322 Å². The highest BCUT2D eigenvalue weighted by atomic mass is 16.7. The molecule has 9 heteroatoms. The highest BCUT2D eigenvalue weighted by molar-refractivity contribution is 5.76. The molecule has 7 atom stereocenters. The van der Waals surface area contributed by atoms with Gasteiger partial charge in [0.1, 0.15) is 24.4 Å². The van der Waals surface area contributed by atoms with Crippen LogP contribution in [0.25, 0.3) is 0 Å². The number of hydrogen-bond donors (Lipinski definition) is 6. The van der Waals surface area contributed by atoms with Crippen molar-refractivity contribution in [3.63, 3.8) is 0 Å². The third-order valence-electron chi connectivity index (χ3n) is 15.2. The molecule has 0 saturated carbocycles. The molecule has 1 saturated heterocycles. The Morgan fingerprint density at radius 1 is 0.435 bits per heavy atom. The van der Waals surface area contributed by atoms with Crippen LogP contribution >= 0.6 is 0 Å². The van der Waals surface area contributed by atoms with Gasteiger partial charge in [0, 0.05) is 6.42 Å². The van der Waals surface area contributed by atoms with E-state index in [2.05, 4.69) is 19.2 Å². The number of carbonyl (C=O) groups excluding carboxylic acids is 1. The molecule has 9 nitrogen and oxygen atoms in total. The Morgan fingerprint density at radius 3 is 1.03 bits per heavy atom. The van der Waals surface area contributed by atoms with Crippen molar-refractivity contribution >= 4 is 5.91 Å². The number of rotatable bonds is 54. The van der Waals surface area contributed by atoms with Gasteiger partial charge in [-0.2, -0.15) is 0 Å². The maximum absolute atomic E-state index is 12.9. The molecular weight excluding hydrogens is 863 g/mol. The van der Waals surface area contributed by atoms with Gasteiger partial charge in [-0.1, -0.05) is 303 Å². The first-order valence-corrected chi connectivity index (χ1v) is 30.7. The number of aliphatic hydroxyl groups is 5. The first-order chi connectivity index (χ1) is 33.8. The van der Waals surface area contributed by atoms with E-state index >= 15 is 0 Å². The number of unbranched alkanes of at least 4 members (excludes halogenated alkanes) is 44. The Morgan fingerprint density at radius 2 is 0.725 bits per heavy atom. The van der Waals surface area contributed by atoms with Crippen molar-refractivity contribution in [2.45, 2.75) is 365 Å². The van der Waals surface area contributed by atoms with Crippen molar-refractivity contribution in [1.29, 1.82) is 0 Å². The summed E-state index contributed by atoms with van der Waals surface area (Å²) < 4.78 is 11.2. The van der Waals surface area contributed by atoms with E-state index in [-0.39, 0.29) is 12.5 Å². The molecule has 7 unspecified atom stereocenters. The summed E-state index contributed by atoms with van der Waals surface area (Å²) in [6, 6.07) is -0.710. The SMILES string of the molecule is CCCCCCCCCCCCCCCCCCCCCCCCCCCCCCCCCCCCCCCCCCC(=O)NC(COC1OC(CO)C(O)C(O)C1O)C(O)CCCCCCCC. The molecule has 0 aromatic rings. The summed E-state index contributed by atoms with van der Waals surface area (Å²) in [4.78, 5) is 12.9. The fraction of sp³-hybridized carbons (Fsp3) is 0.983. The van der Waals surface area contributed by atoms with E-state index in [4.69, 9.17) is 9.47 Å². The molecule has 412 valence electrons. The number of hydrogen-bond acceptors (Lipinski definition) is 8. The normalized spacial score (nSPS) is 19.3. The van der Waals surface area contributed by atoms with Gasteiger partial charge in [0.15, 0.2) is 6.29 Å². The summed E-state index contributed by atoms with van der Waals surface area (Å²) in [6.07, 6.45) is 55.3. The predicted molar refractivity (Wildman–Crippen MR) is 291 cm³/mol. The van der Waals surface area contributed by atoms with Crippen LogP contribution in [0.3, 0.4) is 0 Å². The van der Waals surface area contributed by atoms with Crippen LogP contribution in [0, 0.1) is 0 Å². The van der Waals surface area contributed by atoms with E-state index < -0.39 is 49.5 Å².